The zero-order valence-corrected chi connectivity index (χ0v) is 22.1. The molecule has 0 radical (unpaired) electrons. The maximum absolute atomic E-state index is 12.0. The van der Waals surface area contributed by atoms with Crippen LogP contribution in [0.4, 0.5) is 11.4 Å². The SMILES string of the molecule is COC(=O)c1cccc(-c2ccc([C@@H]3[C@@H](c4ccccn4)NC(=S)N3c3ccc(NS(C)(=O)=O)cc3)o2)c1. The van der Waals surface area contributed by atoms with Crippen molar-refractivity contribution in [2.75, 3.05) is 23.0 Å². The number of pyridine rings is 1. The van der Waals surface area contributed by atoms with Crippen molar-refractivity contribution in [2.24, 2.45) is 0 Å². The summed E-state index contributed by atoms with van der Waals surface area (Å²) in [5.41, 5.74) is 3.11. The minimum Gasteiger partial charge on any atom is -0.465 e. The van der Waals surface area contributed by atoms with Crippen molar-refractivity contribution in [2.45, 2.75) is 12.1 Å². The predicted octanol–water partition coefficient (Wildman–Crippen LogP) is 4.68. The number of hydrogen-bond acceptors (Lipinski definition) is 7. The smallest absolute Gasteiger partial charge is 0.337 e. The molecule has 0 bridgehead atoms. The molecule has 2 N–H and O–H groups in total. The van der Waals surface area contributed by atoms with E-state index in [9.17, 15) is 13.2 Å². The Kier molecular flexibility index (Phi) is 6.87. The number of hydrogen-bond donors (Lipinski definition) is 2. The molecule has 5 rings (SSSR count). The maximum atomic E-state index is 12.0. The van der Waals surface area contributed by atoms with Gasteiger partial charge in [0.15, 0.2) is 5.11 Å². The van der Waals surface area contributed by atoms with E-state index in [-0.39, 0.29) is 6.04 Å². The fourth-order valence-corrected chi connectivity index (χ4v) is 5.32. The molecule has 194 valence electrons. The molecule has 0 saturated carbocycles. The van der Waals surface area contributed by atoms with Gasteiger partial charge in [-0.15, -0.1) is 0 Å². The molecule has 2 aromatic carbocycles. The van der Waals surface area contributed by atoms with Crippen LogP contribution < -0.4 is 14.9 Å². The molecule has 2 aromatic heterocycles. The van der Waals surface area contributed by atoms with Crippen molar-refractivity contribution in [1.82, 2.24) is 10.3 Å². The van der Waals surface area contributed by atoms with Gasteiger partial charge in [0.25, 0.3) is 0 Å². The number of nitrogens with zero attached hydrogens (tertiary/aromatic N) is 2. The lowest BCUT2D eigenvalue weighted by molar-refractivity contribution is 0.0600. The third-order valence-corrected chi connectivity index (χ3v) is 6.95. The molecule has 2 atom stereocenters. The van der Waals surface area contributed by atoms with E-state index >= 15 is 0 Å². The van der Waals surface area contributed by atoms with E-state index < -0.39 is 22.0 Å². The summed E-state index contributed by atoms with van der Waals surface area (Å²) in [6.45, 7) is 0. The summed E-state index contributed by atoms with van der Waals surface area (Å²) in [7, 11) is -2.07. The molecule has 38 heavy (non-hydrogen) atoms. The van der Waals surface area contributed by atoms with Crippen molar-refractivity contribution >= 4 is 44.7 Å². The van der Waals surface area contributed by atoms with Crippen LogP contribution in [0.3, 0.4) is 0 Å². The summed E-state index contributed by atoms with van der Waals surface area (Å²) in [6, 6.07) is 22.6. The Morgan fingerprint density at radius 1 is 1.08 bits per heavy atom. The average molecular weight is 549 g/mol. The van der Waals surface area contributed by atoms with Crippen molar-refractivity contribution in [3.63, 3.8) is 0 Å². The Morgan fingerprint density at radius 2 is 1.87 bits per heavy atom. The van der Waals surface area contributed by atoms with Crippen LogP contribution in [0.15, 0.2) is 89.5 Å². The molecule has 1 fully saturated rings. The number of carbonyl (C=O) groups is 1. The van der Waals surface area contributed by atoms with E-state index in [1.807, 2.05) is 41.3 Å². The molecule has 9 nitrogen and oxygen atoms in total. The molecule has 1 aliphatic heterocycles. The van der Waals surface area contributed by atoms with Gasteiger partial charge >= 0.3 is 5.97 Å². The lowest BCUT2D eigenvalue weighted by Crippen LogP contribution is -2.29. The standard InChI is InChI=1S/C27H24N4O5S2/c1-35-26(32)18-7-5-6-17(16-18)22-13-14-23(36-22)25-24(21-8-3-4-15-28-21)29-27(37)31(25)20-11-9-19(10-12-20)30-38(2,33)34/h3-16,24-25,30H,1-2H3,(H,29,37)/t24-,25-/m1/s1. The van der Waals surface area contributed by atoms with Crippen molar-refractivity contribution in [3.05, 3.63) is 102 Å². The monoisotopic (exact) mass is 548 g/mol. The van der Waals surface area contributed by atoms with Crippen LogP contribution in [0.25, 0.3) is 11.3 Å². The quantitative estimate of drug-likeness (QED) is 0.251. The Balaban J connectivity index is 1.54. The number of aromatic nitrogens is 1. The van der Waals surface area contributed by atoms with E-state index in [0.29, 0.717) is 27.9 Å². The molecule has 1 aliphatic rings. The first-order valence-electron chi connectivity index (χ1n) is 11.6. The summed E-state index contributed by atoms with van der Waals surface area (Å²) in [4.78, 5) is 18.5. The molecular weight excluding hydrogens is 524 g/mol. The third kappa shape index (κ3) is 5.24. The molecule has 0 amide bonds. The zero-order valence-electron chi connectivity index (χ0n) is 20.5. The van der Waals surface area contributed by atoms with Gasteiger partial charge in [-0.2, -0.15) is 0 Å². The van der Waals surface area contributed by atoms with Crippen molar-refractivity contribution < 1.29 is 22.4 Å². The second kappa shape index (κ2) is 10.3. The van der Waals surface area contributed by atoms with Gasteiger partial charge in [-0.25, -0.2) is 13.2 Å². The summed E-state index contributed by atoms with van der Waals surface area (Å²) in [5, 5.41) is 3.84. The van der Waals surface area contributed by atoms with E-state index in [4.69, 9.17) is 21.4 Å². The van der Waals surface area contributed by atoms with Crippen molar-refractivity contribution in [1.29, 1.82) is 0 Å². The topological polar surface area (TPSA) is 114 Å². The molecular formula is C27H24N4O5S2. The second-order valence-electron chi connectivity index (χ2n) is 8.69. The lowest BCUT2D eigenvalue weighted by atomic mass is 10.0. The largest absolute Gasteiger partial charge is 0.465 e. The van der Waals surface area contributed by atoms with Crippen LogP contribution in [0.1, 0.15) is 33.9 Å². The van der Waals surface area contributed by atoms with Gasteiger partial charge in [-0.05, 0) is 72.9 Å². The van der Waals surface area contributed by atoms with Gasteiger partial charge in [-0.1, -0.05) is 18.2 Å². The number of carbonyl (C=O) groups excluding carboxylic acids is 1. The fourth-order valence-electron chi connectivity index (χ4n) is 4.41. The zero-order chi connectivity index (χ0) is 26.9. The number of nitrogens with one attached hydrogen (secondary N) is 2. The van der Waals surface area contributed by atoms with Crippen LogP contribution in [-0.2, 0) is 14.8 Å². The first kappa shape index (κ1) is 25.4. The summed E-state index contributed by atoms with van der Waals surface area (Å²) in [5.74, 6) is 0.778. The number of methoxy groups -OCH3 is 1. The maximum Gasteiger partial charge on any atom is 0.337 e. The van der Waals surface area contributed by atoms with E-state index in [2.05, 4.69) is 15.0 Å². The van der Waals surface area contributed by atoms with E-state index in [1.165, 1.54) is 7.11 Å². The molecule has 4 aromatic rings. The third-order valence-electron chi connectivity index (χ3n) is 6.03. The van der Waals surface area contributed by atoms with E-state index in [1.54, 1.807) is 48.7 Å². The fraction of sp³-hybridized carbons (Fsp3) is 0.148. The highest BCUT2D eigenvalue weighted by Crippen LogP contribution is 2.43. The number of rotatable bonds is 7. The predicted molar refractivity (Wildman–Crippen MR) is 148 cm³/mol. The number of thiocarbonyl (C=S) groups is 1. The number of furan rings is 1. The average Bonchev–Trinajstić information content (AvgIpc) is 3.53. The van der Waals surface area contributed by atoms with Gasteiger partial charge in [0.05, 0.1) is 30.7 Å². The Labute approximate surface area is 225 Å². The van der Waals surface area contributed by atoms with Crippen molar-refractivity contribution in [3.8, 4) is 11.3 Å². The number of sulfonamides is 1. The Bertz CT molecular complexity index is 1590. The summed E-state index contributed by atoms with van der Waals surface area (Å²) in [6.07, 6.45) is 2.82. The minimum atomic E-state index is -3.41. The number of benzene rings is 2. The highest BCUT2D eigenvalue weighted by molar-refractivity contribution is 7.92. The van der Waals surface area contributed by atoms with Gasteiger partial charge in [0, 0.05) is 23.1 Å². The molecule has 1 saturated heterocycles. The van der Waals surface area contributed by atoms with Gasteiger partial charge in [-0.3, -0.25) is 9.71 Å². The van der Waals surface area contributed by atoms with Crippen LogP contribution in [0.2, 0.25) is 0 Å². The van der Waals surface area contributed by atoms with Gasteiger partial charge in [0.2, 0.25) is 10.0 Å². The molecule has 11 heteroatoms. The summed E-state index contributed by atoms with van der Waals surface area (Å²) < 4.78 is 36.9. The molecule has 0 spiro atoms. The van der Waals surface area contributed by atoms with Crippen LogP contribution in [-0.4, -0.2) is 37.8 Å². The van der Waals surface area contributed by atoms with Crippen LogP contribution in [0, 0.1) is 0 Å². The Hall–Kier alpha value is -4.22. The first-order chi connectivity index (χ1) is 18.2. The molecule has 0 aliphatic carbocycles. The van der Waals surface area contributed by atoms with Crippen LogP contribution in [0.5, 0.6) is 0 Å². The summed E-state index contributed by atoms with van der Waals surface area (Å²) >= 11 is 5.74. The highest BCUT2D eigenvalue weighted by Gasteiger charge is 2.42. The van der Waals surface area contributed by atoms with E-state index in [0.717, 1.165) is 23.2 Å². The number of esters is 1. The first-order valence-corrected chi connectivity index (χ1v) is 13.9. The lowest BCUT2D eigenvalue weighted by Gasteiger charge is -2.26. The second-order valence-corrected chi connectivity index (χ2v) is 10.8. The minimum absolute atomic E-state index is 0.321. The molecule has 3 heterocycles. The number of anilines is 2. The number of ether oxygens (including phenoxy) is 1. The Morgan fingerprint density at radius 3 is 2.55 bits per heavy atom. The van der Waals surface area contributed by atoms with Gasteiger partial charge in [0.1, 0.15) is 17.6 Å². The normalized spacial score (nSPS) is 17.2. The van der Waals surface area contributed by atoms with Gasteiger partial charge < -0.3 is 19.4 Å². The highest BCUT2D eigenvalue weighted by atomic mass is 32.2. The van der Waals surface area contributed by atoms with Crippen LogP contribution >= 0.6 is 12.2 Å². The molecule has 0 unspecified atom stereocenters.